The average molecular weight is 348 g/mol. The largest absolute Gasteiger partial charge is 0.497 e. The van der Waals surface area contributed by atoms with Gasteiger partial charge >= 0.3 is 0 Å². The van der Waals surface area contributed by atoms with Crippen molar-refractivity contribution in [2.24, 2.45) is 5.92 Å². The topological polar surface area (TPSA) is 51.2 Å². The van der Waals surface area contributed by atoms with Crippen LogP contribution in [0.2, 0.25) is 0 Å². The summed E-state index contributed by atoms with van der Waals surface area (Å²) in [6, 6.07) is 8.14. The number of methoxy groups -OCH3 is 1. The normalized spacial score (nSPS) is 24.5. The second-order valence-corrected chi connectivity index (χ2v) is 6.83. The van der Waals surface area contributed by atoms with Crippen molar-refractivity contribution < 1.29 is 19.0 Å². The Bertz CT molecular complexity index is 557. The van der Waals surface area contributed by atoms with E-state index in [-0.39, 0.29) is 12.5 Å². The first-order valence-electron chi connectivity index (χ1n) is 8.97. The standard InChI is InChI=1S/C19H28N2O4/c1-15-11-21(12-18(15)20-7-9-24-10-8-20)19(22)14-25-13-16-3-5-17(23-2)6-4-16/h3-6,15,18H,7-14H2,1-2H3/t15-,18+/m1/s1. The number of carbonyl (C=O) groups is 1. The lowest BCUT2D eigenvalue weighted by atomic mass is 10.0. The number of benzene rings is 1. The minimum absolute atomic E-state index is 0.0797. The van der Waals surface area contributed by atoms with Crippen molar-refractivity contribution in [3.8, 4) is 5.75 Å². The molecule has 0 aromatic heterocycles. The number of morpholine rings is 1. The van der Waals surface area contributed by atoms with Gasteiger partial charge < -0.3 is 19.1 Å². The first-order valence-corrected chi connectivity index (χ1v) is 8.97. The van der Waals surface area contributed by atoms with Crippen molar-refractivity contribution >= 4 is 5.91 Å². The fourth-order valence-electron chi connectivity index (χ4n) is 3.61. The van der Waals surface area contributed by atoms with E-state index in [1.165, 1.54) is 0 Å². The van der Waals surface area contributed by atoms with Gasteiger partial charge in [0, 0.05) is 32.2 Å². The summed E-state index contributed by atoms with van der Waals surface area (Å²) in [7, 11) is 1.64. The summed E-state index contributed by atoms with van der Waals surface area (Å²) >= 11 is 0. The smallest absolute Gasteiger partial charge is 0.248 e. The van der Waals surface area contributed by atoms with E-state index < -0.39 is 0 Å². The van der Waals surface area contributed by atoms with Gasteiger partial charge in [-0.15, -0.1) is 0 Å². The molecule has 2 aliphatic heterocycles. The van der Waals surface area contributed by atoms with E-state index in [4.69, 9.17) is 14.2 Å². The molecule has 0 spiro atoms. The molecule has 6 heteroatoms. The highest BCUT2D eigenvalue weighted by Crippen LogP contribution is 2.23. The third-order valence-electron chi connectivity index (χ3n) is 5.09. The molecule has 3 rings (SSSR count). The van der Waals surface area contributed by atoms with Crippen LogP contribution in [-0.2, 0) is 20.9 Å². The van der Waals surface area contributed by atoms with Crippen LogP contribution >= 0.6 is 0 Å². The molecule has 1 aromatic carbocycles. The second kappa shape index (κ2) is 8.65. The predicted molar refractivity (Wildman–Crippen MR) is 94.6 cm³/mol. The van der Waals surface area contributed by atoms with Crippen molar-refractivity contribution in [1.29, 1.82) is 0 Å². The molecule has 2 atom stereocenters. The molecule has 0 saturated carbocycles. The molecule has 0 N–H and O–H groups in total. The maximum atomic E-state index is 12.4. The fourth-order valence-corrected chi connectivity index (χ4v) is 3.61. The summed E-state index contributed by atoms with van der Waals surface area (Å²) in [5.74, 6) is 1.39. The van der Waals surface area contributed by atoms with Crippen LogP contribution in [0.4, 0.5) is 0 Å². The Morgan fingerprint density at radius 1 is 1.20 bits per heavy atom. The quantitative estimate of drug-likeness (QED) is 0.778. The number of hydrogen-bond acceptors (Lipinski definition) is 5. The minimum Gasteiger partial charge on any atom is -0.497 e. The van der Waals surface area contributed by atoms with Gasteiger partial charge in [-0.1, -0.05) is 19.1 Å². The molecule has 1 aromatic rings. The fraction of sp³-hybridized carbons (Fsp3) is 0.632. The molecule has 6 nitrogen and oxygen atoms in total. The van der Waals surface area contributed by atoms with Gasteiger partial charge in [0.2, 0.25) is 5.91 Å². The van der Waals surface area contributed by atoms with Crippen molar-refractivity contribution in [3.05, 3.63) is 29.8 Å². The Kier molecular flexibility index (Phi) is 6.29. The Morgan fingerprint density at radius 2 is 1.92 bits per heavy atom. The molecule has 0 radical (unpaired) electrons. The third-order valence-corrected chi connectivity index (χ3v) is 5.09. The van der Waals surface area contributed by atoms with Gasteiger partial charge in [-0.2, -0.15) is 0 Å². The van der Waals surface area contributed by atoms with Gasteiger partial charge in [0.25, 0.3) is 0 Å². The zero-order valence-electron chi connectivity index (χ0n) is 15.1. The number of hydrogen-bond donors (Lipinski definition) is 0. The Morgan fingerprint density at radius 3 is 2.60 bits per heavy atom. The van der Waals surface area contributed by atoms with E-state index in [0.717, 1.165) is 50.7 Å². The summed E-state index contributed by atoms with van der Waals surface area (Å²) in [5, 5.41) is 0. The van der Waals surface area contributed by atoms with E-state index in [1.54, 1.807) is 7.11 Å². The summed E-state index contributed by atoms with van der Waals surface area (Å²) in [4.78, 5) is 16.8. The number of carbonyl (C=O) groups excluding carboxylic acids is 1. The molecule has 0 unspecified atom stereocenters. The molecule has 2 heterocycles. The Hall–Kier alpha value is -1.63. The Balaban J connectivity index is 1.43. The highest BCUT2D eigenvalue weighted by atomic mass is 16.5. The van der Waals surface area contributed by atoms with Crippen LogP contribution in [-0.4, -0.2) is 74.9 Å². The number of amides is 1. The van der Waals surface area contributed by atoms with E-state index in [1.807, 2.05) is 29.2 Å². The highest BCUT2D eigenvalue weighted by molar-refractivity contribution is 5.77. The molecule has 138 valence electrons. The number of likely N-dealkylation sites (tertiary alicyclic amines) is 1. The van der Waals surface area contributed by atoms with Gasteiger partial charge in [-0.25, -0.2) is 0 Å². The number of rotatable bonds is 6. The van der Waals surface area contributed by atoms with Gasteiger partial charge in [0.1, 0.15) is 12.4 Å². The highest BCUT2D eigenvalue weighted by Gasteiger charge is 2.36. The van der Waals surface area contributed by atoms with Crippen molar-refractivity contribution in [3.63, 3.8) is 0 Å². The monoisotopic (exact) mass is 348 g/mol. The van der Waals surface area contributed by atoms with Gasteiger partial charge in [-0.05, 0) is 23.6 Å². The molecule has 2 saturated heterocycles. The van der Waals surface area contributed by atoms with Crippen molar-refractivity contribution in [1.82, 2.24) is 9.80 Å². The first-order chi connectivity index (χ1) is 12.2. The second-order valence-electron chi connectivity index (χ2n) is 6.83. The molecule has 0 aliphatic carbocycles. The van der Waals surface area contributed by atoms with Gasteiger partial charge in [-0.3, -0.25) is 9.69 Å². The molecule has 0 bridgehead atoms. The van der Waals surface area contributed by atoms with Crippen molar-refractivity contribution in [2.75, 3.05) is 53.1 Å². The van der Waals surface area contributed by atoms with E-state index in [2.05, 4.69) is 11.8 Å². The predicted octanol–water partition coefficient (Wildman–Crippen LogP) is 1.39. The van der Waals surface area contributed by atoms with E-state index in [0.29, 0.717) is 18.6 Å². The average Bonchev–Trinajstić information content (AvgIpc) is 3.05. The zero-order valence-corrected chi connectivity index (χ0v) is 15.1. The van der Waals surface area contributed by atoms with E-state index in [9.17, 15) is 4.79 Å². The van der Waals surface area contributed by atoms with Crippen LogP contribution in [0.3, 0.4) is 0 Å². The zero-order chi connectivity index (χ0) is 17.6. The maximum Gasteiger partial charge on any atom is 0.248 e. The lowest BCUT2D eigenvalue weighted by molar-refractivity contribution is -0.135. The summed E-state index contributed by atoms with van der Waals surface area (Å²) < 4.78 is 16.2. The molecular formula is C19H28N2O4. The molecular weight excluding hydrogens is 320 g/mol. The van der Waals surface area contributed by atoms with Crippen LogP contribution in [0.5, 0.6) is 5.75 Å². The number of ether oxygens (including phenoxy) is 3. The molecule has 2 fully saturated rings. The molecule has 1 amide bonds. The summed E-state index contributed by atoms with van der Waals surface area (Å²) in [6.07, 6.45) is 0. The van der Waals surface area contributed by atoms with Crippen LogP contribution in [0.1, 0.15) is 12.5 Å². The van der Waals surface area contributed by atoms with Gasteiger partial charge in [0.05, 0.1) is 26.9 Å². The lowest BCUT2D eigenvalue weighted by Gasteiger charge is -2.33. The summed E-state index contributed by atoms with van der Waals surface area (Å²) in [6.45, 7) is 7.92. The minimum atomic E-state index is 0.0797. The first kappa shape index (κ1) is 18.2. The summed E-state index contributed by atoms with van der Waals surface area (Å²) in [5.41, 5.74) is 1.04. The maximum absolute atomic E-state index is 12.4. The third kappa shape index (κ3) is 4.71. The Labute approximate surface area is 149 Å². The van der Waals surface area contributed by atoms with Crippen LogP contribution in [0.15, 0.2) is 24.3 Å². The molecule has 2 aliphatic rings. The lowest BCUT2D eigenvalue weighted by Crippen LogP contribution is -2.47. The van der Waals surface area contributed by atoms with Crippen LogP contribution in [0, 0.1) is 5.92 Å². The van der Waals surface area contributed by atoms with Crippen LogP contribution < -0.4 is 4.74 Å². The van der Waals surface area contributed by atoms with E-state index >= 15 is 0 Å². The van der Waals surface area contributed by atoms with Gasteiger partial charge in [0.15, 0.2) is 0 Å². The SMILES string of the molecule is COc1ccc(COCC(=O)N2C[C@@H](C)[C@@H](N3CCOCC3)C2)cc1. The molecule has 25 heavy (non-hydrogen) atoms. The van der Waals surface area contributed by atoms with Crippen molar-refractivity contribution in [2.45, 2.75) is 19.6 Å². The van der Waals surface area contributed by atoms with Crippen LogP contribution in [0.25, 0.3) is 0 Å². The number of nitrogens with zero attached hydrogens (tertiary/aromatic N) is 2.